The first-order chi connectivity index (χ1) is 8.10. The molecular formula is C10H18N2O5. The SMILES string of the molecule is CCCOC(=O)OC1CCN(CC)C(=O)N1O. The topological polar surface area (TPSA) is 79.3 Å². The quantitative estimate of drug-likeness (QED) is 0.599. The molecule has 1 unspecified atom stereocenters. The molecule has 1 N–H and O–H groups in total. The van der Waals surface area contributed by atoms with Crippen LogP contribution in [0.15, 0.2) is 0 Å². The second-order valence-electron chi connectivity index (χ2n) is 3.67. The van der Waals surface area contributed by atoms with Gasteiger partial charge in [0, 0.05) is 19.5 Å². The Kier molecular flexibility index (Phi) is 5.02. The van der Waals surface area contributed by atoms with Crippen LogP contribution in [0.25, 0.3) is 0 Å². The summed E-state index contributed by atoms with van der Waals surface area (Å²) in [6.45, 7) is 4.87. The third-order valence-electron chi connectivity index (χ3n) is 2.42. The third kappa shape index (κ3) is 3.48. The van der Waals surface area contributed by atoms with Crippen LogP contribution in [0.2, 0.25) is 0 Å². The highest BCUT2D eigenvalue weighted by Gasteiger charge is 2.34. The molecule has 0 radical (unpaired) electrons. The summed E-state index contributed by atoms with van der Waals surface area (Å²) in [4.78, 5) is 24.2. The van der Waals surface area contributed by atoms with Gasteiger partial charge in [0.25, 0.3) is 0 Å². The molecule has 1 aliphatic rings. The lowest BCUT2D eigenvalue weighted by molar-refractivity contribution is -0.185. The molecule has 0 saturated carbocycles. The molecule has 1 fully saturated rings. The lowest BCUT2D eigenvalue weighted by Crippen LogP contribution is -2.54. The molecule has 1 saturated heterocycles. The molecule has 0 aromatic heterocycles. The maximum atomic E-state index is 11.5. The maximum absolute atomic E-state index is 11.5. The Balaban J connectivity index is 2.45. The minimum absolute atomic E-state index is 0.256. The van der Waals surface area contributed by atoms with E-state index in [9.17, 15) is 14.8 Å². The van der Waals surface area contributed by atoms with E-state index in [-0.39, 0.29) is 6.61 Å². The smallest absolute Gasteiger partial charge is 0.434 e. The van der Waals surface area contributed by atoms with Gasteiger partial charge < -0.3 is 14.4 Å². The van der Waals surface area contributed by atoms with Gasteiger partial charge in [-0.1, -0.05) is 6.92 Å². The first kappa shape index (κ1) is 13.6. The first-order valence-corrected chi connectivity index (χ1v) is 5.70. The summed E-state index contributed by atoms with van der Waals surface area (Å²) < 4.78 is 9.54. The van der Waals surface area contributed by atoms with Crippen LogP contribution in [-0.4, -0.2) is 53.3 Å². The van der Waals surface area contributed by atoms with Crippen molar-refractivity contribution in [1.29, 1.82) is 0 Å². The molecule has 7 nitrogen and oxygen atoms in total. The zero-order valence-corrected chi connectivity index (χ0v) is 10.1. The van der Waals surface area contributed by atoms with Gasteiger partial charge in [-0.3, -0.25) is 5.21 Å². The second kappa shape index (κ2) is 6.29. The van der Waals surface area contributed by atoms with Gasteiger partial charge in [0.05, 0.1) is 6.61 Å². The van der Waals surface area contributed by atoms with Crippen molar-refractivity contribution < 1.29 is 24.3 Å². The Morgan fingerprint density at radius 2 is 2.24 bits per heavy atom. The van der Waals surface area contributed by atoms with Crippen molar-refractivity contribution in [2.75, 3.05) is 19.7 Å². The zero-order chi connectivity index (χ0) is 12.8. The van der Waals surface area contributed by atoms with Crippen LogP contribution in [0, 0.1) is 0 Å². The van der Waals surface area contributed by atoms with Gasteiger partial charge in [-0.25, -0.2) is 9.59 Å². The van der Waals surface area contributed by atoms with Gasteiger partial charge in [-0.15, -0.1) is 0 Å². The van der Waals surface area contributed by atoms with E-state index in [1.54, 1.807) is 0 Å². The number of urea groups is 1. The molecule has 0 aromatic rings. The summed E-state index contributed by atoms with van der Waals surface area (Å²) in [5.74, 6) is 0. The van der Waals surface area contributed by atoms with E-state index < -0.39 is 18.4 Å². The Hall–Kier alpha value is -1.50. The molecule has 17 heavy (non-hydrogen) atoms. The Morgan fingerprint density at radius 1 is 1.53 bits per heavy atom. The monoisotopic (exact) mass is 246 g/mol. The molecule has 7 heteroatoms. The number of nitrogens with zero attached hydrogens (tertiary/aromatic N) is 2. The fourth-order valence-corrected chi connectivity index (χ4v) is 1.48. The second-order valence-corrected chi connectivity index (χ2v) is 3.67. The van der Waals surface area contributed by atoms with Crippen molar-refractivity contribution in [2.24, 2.45) is 0 Å². The molecule has 2 amide bonds. The molecule has 0 bridgehead atoms. The summed E-state index contributed by atoms with van der Waals surface area (Å²) in [6.07, 6.45) is -0.786. The van der Waals surface area contributed by atoms with E-state index in [1.165, 1.54) is 4.90 Å². The molecule has 1 heterocycles. The van der Waals surface area contributed by atoms with Crippen molar-refractivity contribution in [3.05, 3.63) is 0 Å². The molecule has 1 atom stereocenters. The summed E-state index contributed by atoms with van der Waals surface area (Å²) in [5, 5.41) is 9.95. The van der Waals surface area contributed by atoms with Crippen molar-refractivity contribution >= 4 is 12.2 Å². The number of hydroxylamine groups is 2. The van der Waals surface area contributed by atoms with Crippen LogP contribution in [0.1, 0.15) is 26.7 Å². The molecule has 0 aliphatic carbocycles. The van der Waals surface area contributed by atoms with E-state index in [0.717, 1.165) is 0 Å². The average Bonchev–Trinajstić information content (AvgIpc) is 2.33. The molecular weight excluding hydrogens is 228 g/mol. The van der Waals surface area contributed by atoms with Gasteiger partial charge >= 0.3 is 12.2 Å². The van der Waals surface area contributed by atoms with Gasteiger partial charge in [0.2, 0.25) is 6.23 Å². The van der Waals surface area contributed by atoms with Gasteiger partial charge in [-0.2, -0.15) is 5.06 Å². The lowest BCUT2D eigenvalue weighted by Gasteiger charge is -2.35. The first-order valence-electron chi connectivity index (χ1n) is 5.70. The fourth-order valence-electron chi connectivity index (χ4n) is 1.48. The van der Waals surface area contributed by atoms with E-state index >= 15 is 0 Å². The molecule has 98 valence electrons. The Bertz CT molecular complexity index is 284. The maximum Gasteiger partial charge on any atom is 0.510 e. The fraction of sp³-hybridized carbons (Fsp3) is 0.800. The molecule has 1 rings (SSSR count). The highest BCUT2D eigenvalue weighted by molar-refractivity contribution is 5.74. The minimum Gasteiger partial charge on any atom is -0.434 e. The highest BCUT2D eigenvalue weighted by atomic mass is 16.7. The molecule has 0 aromatic carbocycles. The van der Waals surface area contributed by atoms with E-state index in [0.29, 0.717) is 31.0 Å². The minimum atomic E-state index is -0.963. The summed E-state index contributed by atoms with van der Waals surface area (Å²) >= 11 is 0. The molecule has 0 spiro atoms. The third-order valence-corrected chi connectivity index (χ3v) is 2.42. The van der Waals surface area contributed by atoms with Crippen LogP contribution >= 0.6 is 0 Å². The van der Waals surface area contributed by atoms with Gasteiger partial charge in [0.1, 0.15) is 0 Å². The van der Waals surface area contributed by atoms with Crippen molar-refractivity contribution in [3.8, 4) is 0 Å². The predicted octanol–water partition coefficient (Wildman–Crippen LogP) is 1.41. The van der Waals surface area contributed by atoms with E-state index in [4.69, 9.17) is 9.47 Å². The largest absolute Gasteiger partial charge is 0.510 e. The van der Waals surface area contributed by atoms with E-state index in [2.05, 4.69) is 0 Å². The Morgan fingerprint density at radius 3 is 2.82 bits per heavy atom. The van der Waals surface area contributed by atoms with Crippen LogP contribution in [0.5, 0.6) is 0 Å². The van der Waals surface area contributed by atoms with E-state index in [1.807, 2.05) is 13.8 Å². The normalized spacial score (nSPS) is 20.4. The van der Waals surface area contributed by atoms with Crippen molar-refractivity contribution in [1.82, 2.24) is 9.96 Å². The number of rotatable bonds is 4. The number of ether oxygens (including phenoxy) is 2. The summed E-state index contributed by atoms with van der Waals surface area (Å²) in [7, 11) is 0. The summed E-state index contributed by atoms with van der Waals surface area (Å²) in [5.41, 5.74) is 0. The number of hydrogen-bond acceptors (Lipinski definition) is 5. The standard InChI is InChI=1S/C10H18N2O5/c1-3-7-16-10(14)17-8-5-6-11(4-2)9(13)12(8)15/h8,15H,3-7H2,1-2H3. The molecule has 1 aliphatic heterocycles. The summed E-state index contributed by atoms with van der Waals surface area (Å²) in [6, 6.07) is -0.563. The van der Waals surface area contributed by atoms with Crippen LogP contribution in [-0.2, 0) is 9.47 Å². The van der Waals surface area contributed by atoms with Crippen LogP contribution < -0.4 is 0 Å². The number of carbonyl (C=O) groups is 2. The van der Waals surface area contributed by atoms with Gasteiger partial charge in [0.15, 0.2) is 0 Å². The zero-order valence-electron chi connectivity index (χ0n) is 10.1. The highest BCUT2D eigenvalue weighted by Crippen LogP contribution is 2.15. The number of amides is 2. The number of hydrogen-bond donors (Lipinski definition) is 1. The van der Waals surface area contributed by atoms with Crippen molar-refractivity contribution in [2.45, 2.75) is 32.9 Å². The lowest BCUT2D eigenvalue weighted by atomic mass is 10.3. The average molecular weight is 246 g/mol. The predicted molar refractivity (Wildman–Crippen MR) is 57.4 cm³/mol. The Labute approximate surface area is 99.8 Å². The van der Waals surface area contributed by atoms with Crippen LogP contribution in [0.4, 0.5) is 9.59 Å². The number of carbonyl (C=O) groups excluding carboxylic acids is 2. The van der Waals surface area contributed by atoms with Crippen molar-refractivity contribution in [3.63, 3.8) is 0 Å². The van der Waals surface area contributed by atoms with Gasteiger partial charge in [-0.05, 0) is 13.3 Å². The van der Waals surface area contributed by atoms with Crippen LogP contribution in [0.3, 0.4) is 0 Å².